The molecule has 0 saturated carbocycles. The Bertz CT molecular complexity index is 1640. The fourth-order valence-corrected chi connectivity index (χ4v) is 4.94. The number of nitrogens with zero attached hydrogens (tertiary/aromatic N) is 4. The van der Waals surface area contributed by atoms with E-state index in [1.54, 1.807) is 17.7 Å². The smallest absolute Gasteiger partial charge is 0.263 e. The lowest BCUT2D eigenvalue weighted by atomic mass is 10.0. The molecule has 0 unspecified atom stereocenters. The third-order valence-electron chi connectivity index (χ3n) is 6.16. The highest BCUT2D eigenvalue weighted by atomic mass is 32.2. The Hall–Kier alpha value is -3.91. The van der Waals surface area contributed by atoms with Gasteiger partial charge in [-0.05, 0) is 49.2 Å². The monoisotopic (exact) mass is 484 g/mol. The van der Waals surface area contributed by atoms with E-state index >= 15 is 0 Å². The Kier molecular flexibility index (Phi) is 6.13. The predicted molar refractivity (Wildman–Crippen MR) is 138 cm³/mol. The molecular weight excluding hydrogens is 460 g/mol. The first kappa shape index (κ1) is 22.9. The minimum Gasteiger partial charge on any atom is -0.496 e. The molecule has 2 heterocycles. The van der Waals surface area contributed by atoms with Gasteiger partial charge in [0.1, 0.15) is 5.75 Å². The number of aromatic nitrogens is 4. The van der Waals surface area contributed by atoms with E-state index < -0.39 is 0 Å². The van der Waals surface area contributed by atoms with Gasteiger partial charge in [-0.1, -0.05) is 54.2 Å². The number of Topliss-reactive ketones (excluding diaryl/α,β-unsaturated/α-hetero) is 1. The highest BCUT2D eigenvalue weighted by molar-refractivity contribution is 7.99. The first-order chi connectivity index (χ1) is 17.0. The molecule has 0 fully saturated rings. The lowest BCUT2D eigenvalue weighted by Crippen LogP contribution is -2.24. The molecule has 0 bridgehead atoms. The Morgan fingerprint density at radius 3 is 2.54 bits per heavy atom. The van der Waals surface area contributed by atoms with Gasteiger partial charge >= 0.3 is 0 Å². The summed E-state index contributed by atoms with van der Waals surface area (Å²) >= 11 is 1.31. The van der Waals surface area contributed by atoms with Gasteiger partial charge in [-0.15, -0.1) is 10.2 Å². The molecule has 0 radical (unpaired) electrons. The summed E-state index contributed by atoms with van der Waals surface area (Å²) in [6, 6.07) is 20.7. The van der Waals surface area contributed by atoms with Crippen LogP contribution >= 0.6 is 11.8 Å². The van der Waals surface area contributed by atoms with E-state index in [2.05, 4.69) is 10.2 Å². The Labute approximate surface area is 206 Å². The first-order valence-electron chi connectivity index (χ1n) is 11.2. The highest BCUT2D eigenvalue weighted by Crippen LogP contribution is 2.25. The van der Waals surface area contributed by atoms with Gasteiger partial charge in [0.15, 0.2) is 10.9 Å². The molecule has 0 aliphatic heterocycles. The largest absolute Gasteiger partial charge is 0.496 e. The topological polar surface area (TPSA) is 78.5 Å². The molecule has 3 aromatic carbocycles. The van der Waals surface area contributed by atoms with E-state index in [0.29, 0.717) is 33.1 Å². The molecule has 5 aromatic rings. The standard InChI is InChI=1S/C27H24N4O3S/c1-17-12-13-19(14-18(17)2)23(32)16-35-27-29-28-26-30(15-20-8-4-7-11-24(20)34-3)25(33)21-9-5-6-10-22(21)31(26)27/h4-14H,15-16H2,1-3H3. The van der Waals surface area contributed by atoms with Crippen molar-refractivity contribution in [3.8, 4) is 5.75 Å². The van der Waals surface area contributed by atoms with Gasteiger partial charge in [-0.25, -0.2) is 0 Å². The summed E-state index contributed by atoms with van der Waals surface area (Å²) in [6.45, 7) is 4.30. The zero-order valence-electron chi connectivity index (χ0n) is 19.7. The summed E-state index contributed by atoms with van der Waals surface area (Å²) in [4.78, 5) is 26.3. The number of fused-ring (bicyclic) bond motifs is 3. The number of methoxy groups -OCH3 is 1. The molecule has 0 spiro atoms. The first-order valence-corrected chi connectivity index (χ1v) is 12.2. The van der Waals surface area contributed by atoms with E-state index in [1.807, 2.05) is 78.9 Å². The number of ketones is 1. The van der Waals surface area contributed by atoms with Crippen LogP contribution in [0.15, 0.2) is 76.7 Å². The average molecular weight is 485 g/mol. The fourth-order valence-electron chi connectivity index (χ4n) is 4.10. The maximum absolute atomic E-state index is 13.4. The number of hydrogen-bond donors (Lipinski definition) is 0. The maximum Gasteiger partial charge on any atom is 0.263 e. The molecule has 35 heavy (non-hydrogen) atoms. The van der Waals surface area contributed by atoms with E-state index in [-0.39, 0.29) is 23.6 Å². The number of ether oxygens (including phenoxy) is 1. The normalized spacial score (nSPS) is 11.3. The maximum atomic E-state index is 13.4. The second-order valence-corrected chi connectivity index (χ2v) is 9.29. The molecule has 7 nitrogen and oxygen atoms in total. The SMILES string of the molecule is COc1ccccc1Cn1c(=O)c2ccccc2n2c(SCC(=O)c3ccc(C)c(C)c3)nnc12. The molecule has 0 aliphatic rings. The molecule has 0 saturated heterocycles. The van der Waals surface area contributed by atoms with Gasteiger partial charge in [0.05, 0.1) is 30.3 Å². The van der Waals surface area contributed by atoms with Crippen molar-refractivity contribution in [2.24, 2.45) is 0 Å². The fraction of sp³-hybridized carbons (Fsp3) is 0.185. The van der Waals surface area contributed by atoms with Crippen LogP contribution in [-0.2, 0) is 6.54 Å². The molecule has 0 aliphatic carbocycles. The number of rotatable bonds is 7. The van der Waals surface area contributed by atoms with Gasteiger partial charge in [-0.3, -0.25) is 18.6 Å². The zero-order valence-corrected chi connectivity index (χ0v) is 20.5. The molecule has 5 rings (SSSR count). The van der Waals surface area contributed by atoms with Gasteiger partial charge in [-0.2, -0.15) is 0 Å². The van der Waals surface area contributed by atoms with Crippen LogP contribution in [0, 0.1) is 13.8 Å². The number of carbonyl (C=O) groups is 1. The average Bonchev–Trinajstić information content (AvgIpc) is 3.31. The zero-order chi connectivity index (χ0) is 24.5. The number of aryl methyl sites for hydroxylation is 2. The van der Waals surface area contributed by atoms with Crippen molar-refractivity contribution in [1.82, 2.24) is 19.2 Å². The van der Waals surface area contributed by atoms with Crippen LogP contribution in [0.25, 0.3) is 16.7 Å². The number of carbonyl (C=O) groups excluding carboxylic acids is 1. The molecule has 176 valence electrons. The summed E-state index contributed by atoms with van der Waals surface area (Å²) in [5.41, 5.74) is 4.31. The summed E-state index contributed by atoms with van der Waals surface area (Å²) < 4.78 is 8.94. The van der Waals surface area contributed by atoms with E-state index in [0.717, 1.165) is 16.7 Å². The van der Waals surface area contributed by atoms with Crippen molar-refractivity contribution >= 4 is 34.2 Å². The van der Waals surface area contributed by atoms with E-state index in [1.165, 1.54) is 11.8 Å². The Morgan fingerprint density at radius 2 is 1.74 bits per heavy atom. The minimum atomic E-state index is -0.158. The van der Waals surface area contributed by atoms with Crippen molar-refractivity contribution in [2.45, 2.75) is 25.5 Å². The molecule has 0 amide bonds. The summed E-state index contributed by atoms with van der Waals surface area (Å²) in [6.07, 6.45) is 0. The predicted octanol–water partition coefficient (Wildman–Crippen LogP) is 4.69. The van der Waals surface area contributed by atoms with Crippen LogP contribution in [0.5, 0.6) is 5.75 Å². The van der Waals surface area contributed by atoms with Gasteiger partial charge < -0.3 is 4.74 Å². The molecule has 0 N–H and O–H groups in total. The van der Waals surface area contributed by atoms with Gasteiger partial charge in [0, 0.05) is 11.1 Å². The van der Waals surface area contributed by atoms with E-state index in [9.17, 15) is 9.59 Å². The van der Waals surface area contributed by atoms with Crippen LogP contribution in [0.3, 0.4) is 0 Å². The summed E-state index contributed by atoms with van der Waals surface area (Å²) in [5, 5.41) is 9.83. The molecule has 2 aromatic heterocycles. The van der Waals surface area contributed by atoms with Crippen molar-refractivity contribution in [2.75, 3.05) is 12.9 Å². The summed E-state index contributed by atoms with van der Waals surface area (Å²) in [7, 11) is 1.61. The van der Waals surface area contributed by atoms with Gasteiger partial charge in [0.2, 0.25) is 5.78 Å². The van der Waals surface area contributed by atoms with E-state index in [4.69, 9.17) is 4.74 Å². The van der Waals surface area contributed by atoms with Crippen LogP contribution in [0.1, 0.15) is 27.0 Å². The van der Waals surface area contributed by atoms with Crippen LogP contribution in [0.4, 0.5) is 0 Å². The van der Waals surface area contributed by atoms with Crippen LogP contribution < -0.4 is 10.3 Å². The third-order valence-corrected chi connectivity index (χ3v) is 7.09. The Balaban J connectivity index is 1.57. The second kappa shape index (κ2) is 9.38. The number of hydrogen-bond acceptors (Lipinski definition) is 6. The third kappa shape index (κ3) is 4.21. The number of benzene rings is 3. The van der Waals surface area contributed by atoms with Gasteiger partial charge in [0.25, 0.3) is 5.56 Å². The van der Waals surface area contributed by atoms with Crippen LogP contribution in [0.2, 0.25) is 0 Å². The molecular formula is C27H24N4O3S. The lowest BCUT2D eigenvalue weighted by molar-refractivity contribution is 0.102. The van der Waals surface area contributed by atoms with Crippen molar-refractivity contribution < 1.29 is 9.53 Å². The number of thioether (sulfide) groups is 1. The second-order valence-electron chi connectivity index (χ2n) is 8.35. The minimum absolute atomic E-state index is 0.0153. The quantitative estimate of drug-likeness (QED) is 0.246. The van der Waals surface area contributed by atoms with Crippen molar-refractivity contribution in [1.29, 1.82) is 0 Å². The summed E-state index contributed by atoms with van der Waals surface area (Å²) in [5.74, 6) is 1.34. The van der Waals surface area contributed by atoms with Crippen LogP contribution in [-0.4, -0.2) is 37.8 Å². The molecule has 0 atom stereocenters. The molecule has 8 heteroatoms. The Morgan fingerprint density at radius 1 is 0.971 bits per heavy atom. The number of para-hydroxylation sites is 2. The van der Waals surface area contributed by atoms with Crippen molar-refractivity contribution in [3.63, 3.8) is 0 Å². The highest BCUT2D eigenvalue weighted by Gasteiger charge is 2.19. The lowest BCUT2D eigenvalue weighted by Gasteiger charge is -2.13. The van der Waals surface area contributed by atoms with Crippen molar-refractivity contribution in [3.05, 3.63) is 99.3 Å².